The van der Waals surface area contributed by atoms with Crippen LogP contribution in [0.5, 0.6) is 23.0 Å². The van der Waals surface area contributed by atoms with Gasteiger partial charge in [-0.2, -0.15) is 5.10 Å². The standard InChI is InChI=1S/C20H17N3O3/c21-20(24)23-22-14-15-6-8-17(9-7-15)26-19-12-10-18(11-13-19)25-16-4-2-1-3-5-16/h1-14H,(H3,21,23,24)/b22-14-. The summed E-state index contributed by atoms with van der Waals surface area (Å²) in [7, 11) is 0. The second kappa shape index (κ2) is 8.34. The van der Waals surface area contributed by atoms with Crippen molar-refractivity contribution in [2.75, 3.05) is 0 Å². The van der Waals surface area contributed by atoms with E-state index in [0.717, 1.165) is 17.1 Å². The summed E-state index contributed by atoms with van der Waals surface area (Å²) in [5.41, 5.74) is 7.87. The fraction of sp³-hybridized carbons (Fsp3) is 0. The lowest BCUT2D eigenvalue weighted by molar-refractivity contribution is 0.249. The third kappa shape index (κ3) is 5.10. The third-order valence-corrected chi connectivity index (χ3v) is 3.31. The van der Waals surface area contributed by atoms with Crippen LogP contribution in [0.15, 0.2) is 84.0 Å². The van der Waals surface area contributed by atoms with Gasteiger partial charge in [0.05, 0.1) is 6.21 Å². The Morgan fingerprint density at radius 3 is 1.73 bits per heavy atom. The van der Waals surface area contributed by atoms with Gasteiger partial charge in [0.1, 0.15) is 23.0 Å². The average molecular weight is 347 g/mol. The fourth-order valence-electron chi connectivity index (χ4n) is 2.13. The highest BCUT2D eigenvalue weighted by Gasteiger charge is 2.00. The van der Waals surface area contributed by atoms with Crippen molar-refractivity contribution in [3.05, 3.63) is 84.4 Å². The highest BCUT2D eigenvalue weighted by Crippen LogP contribution is 2.26. The van der Waals surface area contributed by atoms with E-state index in [1.165, 1.54) is 6.21 Å². The lowest BCUT2D eigenvalue weighted by atomic mass is 10.2. The maximum Gasteiger partial charge on any atom is 0.332 e. The highest BCUT2D eigenvalue weighted by molar-refractivity contribution is 5.81. The van der Waals surface area contributed by atoms with Gasteiger partial charge in [-0.05, 0) is 66.2 Å². The van der Waals surface area contributed by atoms with Crippen molar-refractivity contribution >= 4 is 12.2 Å². The van der Waals surface area contributed by atoms with Crippen molar-refractivity contribution in [2.45, 2.75) is 0 Å². The first-order chi connectivity index (χ1) is 12.7. The summed E-state index contributed by atoms with van der Waals surface area (Å²) in [4.78, 5) is 10.5. The molecule has 0 aliphatic carbocycles. The minimum Gasteiger partial charge on any atom is -0.457 e. The van der Waals surface area contributed by atoms with Crippen molar-refractivity contribution in [1.29, 1.82) is 0 Å². The number of hydrogen-bond donors (Lipinski definition) is 2. The molecule has 2 amide bonds. The molecule has 130 valence electrons. The number of carbonyl (C=O) groups is 1. The predicted molar refractivity (Wildman–Crippen MR) is 99.8 cm³/mol. The molecule has 3 N–H and O–H groups in total. The van der Waals surface area contributed by atoms with E-state index in [0.29, 0.717) is 11.5 Å². The van der Waals surface area contributed by atoms with E-state index < -0.39 is 6.03 Å². The zero-order chi connectivity index (χ0) is 18.2. The molecule has 0 radical (unpaired) electrons. The Bertz CT molecular complexity index is 876. The molecule has 26 heavy (non-hydrogen) atoms. The van der Waals surface area contributed by atoms with Gasteiger partial charge >= 0.3 is 6.03 Å². The summed E-state index contributed by atoms with van der Waals surface area (Å²) < 4.78 is 11.5. The molecule has 3 aromatic carbocycles. The van der Waals surface area contributed by atoms with Crippen LogP contribution in [-0.4, -0.2) is 12.2 Å². The molecule has 0 aromatic heterocycles. The monoisotopic (exact) mass is 347 g/mol. The van der Waals surface area contributed by atoms with Gasteiger partial charge in [0.15, 0.2) is 0 Å². The molecular formula is C20H17N3O3. The van der Waals surface area contributed by atoms with Crippen LogP contribution < -0.4 is 20.6 Å². The number of amides is 2. The Balaban J connectivity index is 1.58. The summed E-state index contributed by atoms with van der Waals surface area (Å²) >= 11 is 0. The van der Waals surface area contributed by atoms with E-state index in [9.17, 15) is 4.79 Å². The Morgan fingerprint density at radius 2 is 1.23 bits per heavy atom. The summed E-state index contributed by atoms with van der Waals surface area (Å²) in [5, 5.41) is 3.69. The van der Waals surface area contributed by atoms with Crippen LogP contribution in [0.2, 0.25) is 0 Å². The number of rotatable bonds is 6. The zero-order valence-electron chi connectivity index (χ0n) is 13.8. The van der Waals surface area contributed by atoms with E-state index in [1.54, 1.807) is 12.1 Å². The van der Waals surface area contributed by atoms with Gasteiger partial charge in [0.2, 0.25) is 0 Å². The van der Waals surface area contributed by atoms with Crippen LogP contribution in [0, 0.1) is 0 Å². The van der Waals surface area contributed by atoms with Gasteiger partial charge in [-0.1, -0.05) is 18.2 Å². The SMILES string of the molecule is NC(=O)N/N=C\c1ccc(Oc2ccc(Oc3ccccc3)cc2)cc1. The minimum absolute atomic E-state index is 0.682. The number of hydrogen-bond acceptors (Lipinski definition) is 4. The van der Waals surface area contributed by atoms with Crippen LogP contribution >= 0.6 is 0 Å². The summed E-state index contributed by atoms with van der Waals surface area (Å²) in [5.74, 6) is 2.89. The molecule has 3 aromatic rings. The quantitative estimate of drug-likeness (QED) is 0.515. The number of hydrazone groups is 1. The number of urea groups is 1. The molecule has 0 heterocycles. The first-order valence-corrected chi connectivity index (χ1v) is 7.88. The number of ether oxygens (including phenoxy) is 2. The Morgan fingerprint density at radius 1 is 0.769 bits per heavy atom. The maximum absolute atomic E-state index is 10.5. The average Bonchev–Trinajstić information content (AvgIpc) is 2.65. The number of carbonyl (C=O) groups excluding carboxylic acids is 1. The second-order valence-corrected chi connectivity index (χ2v) is 5.29. The Labute approximate surface area is 150 Å². The lowest BCUT2D eigenvalue weighted by Gasteiger charge is -2.08. The summed E-state index contributed by atoms with van der Waals surface area (Å²) in [6, 6.07) is 23.5. The molecule has 0 atom stereocenters. The van der Waals surface area contributed by atoms with E-state index >= 15 is 0 Å². The van der Waals surface area contributed by atoms with Gasteiger partial charge in [0, 0.05) is 0 Å². The number of benzene rings is 3. The Kier molecular flexibility index (Phi) is 5.47. The lowest BCUT2D eigenvalue weighted by Crippen LogP contribution is -2.24. The fourth-order valence-corrected chi connectivity index (χ4v) is 2.13. The molecule has 0 unspecified atom stereocenters. The number of nitrogens with two attached hydrogens (primary N) is 1. The first kappa shape index (κ1) is 17.0. The van der Waals surface area contributed by atoms with Crippen molar-refractivity contribution in [3.63, 3.8) is 0 Å². The second-order valence-electron chi connectivity index (χ2n) is 5.29. The van der Waals surface area contributed by atoms with E-state index in [4.69, 9.17) is 15.2 Å². The predicted octanol–water partition coefficient (Wildman–Crippen LogP) is 4.27. The molecule has 0 fully saturated rings. The van der Waals surface area contributed by atoms with E-state index in [2.05, 4.69) is 10.5 Å². The van der Waals surface area contributed by atoms with Gasteiger partial charge in [0.25, 0.3) is 0 Å². The van der Waals surface area contributed by atoms with Crippen LogP contribution in [0.1, 0.15) is 5.56 Å². The Hall–Kier alpha value is -3.80. The van der Waals surface area contributed by atoms with Gasteiger partial charge in [-0.25, -0.2) is 10.2 Å². The summed E-state index contributed by atoms with van der Waals surface area (Å²) in [6.07, 6.45) is 1.49. The van der Waals surface area contributed by atoms with Crippen molar-refractivity contribution < 1.29 is 14.3 Å². The molecular weight excluding hydrogens is 330 g/mol. The van der Waals surface area contributed by atoms with E-state index in [-0.39, 0.29) is 0 Å². The minimum atomic E-state index is -0.708. The smallest absolute Gasteiger partial charge is 0.332 e. The number of nitrogens with one attached hydrogen (secondary N) is 1. The molecule has 6 heteroatoms. The van der Waals surface area contributed by atoms with Gasteiger partial charge < -0.3 is 15.2 Å². The highest BCUT2D eigenvalue weighted by atomic mass is 16.5. The largest absolute Gasteiger partial charge is 0.457 e. The van der Waals surface area contributed by atoms with Crippen LogP contribution in [-0.2, 0) is 0 Å². The number of nitrogens with zero attached hydrogens (tertiary/aromatic N) is 1. The normalized spacial score (nSPS) is 10.5. The zero-order valence-corrected chi connectivity index (χ0v) is 13.8. The summed E-state index contributed by atoms with van der Waals surface area (Å²) in [6.45, 7) is 0. The molecule has 0 spiro atoms. The molecule has 0 aliphatic heterocycles. The molecule has 0 aliphatic rings. The van der Waals surface area contributed by atoms with Crippen LogP contribution in [0.3, 0.4) is 0 Å². The number of primary amides is 1. The molecule has 0 bridgehead atoms. The van der Waals surface area contributed by atoms with Gasteiger partial charge in [-0.15, -0.1) is 0 Å². The number of para-hydroxylation sites is 1. The van der Waals surface area contributed by atoms with Crippen LogP contribution in [0.4, 0.5) is 4.79 Å². The molecule has 6 nitrogen and oxygen atoms in total. The molecule has 3 rings (SSSR count). The van der Waals surface area contributed by atoms with Crippen LogP contribution in [0.25, 0.3) is 0 Å². The van der Waals surface area contributed by atoms with Crippen molar-refractivity contribution in [3.8, 4) is 23.0 Å². The van der Waals surface area contributed by atoms with E-state index in [1.807, 2.05) is 66.7 Å². The first-order valence-electron chi connectivity index (χ1n) is 7.88. The topological polar surface area (TPSA) is 85.9 Å². The maximum atomic E-state index is 10.5. The van der Waals surface area contributed by atoms with Crippen molar-refractivity contribution in [2.24, 2.45) is 10.8 Å². The third-order valence-electron chi connectivity index (χ3n) is 3.31. The van der Waals surface area contributed by atoms with Gasteiger partial charge in [-0.3, -0.25) is 0 Å². The molecule has 0 saturated carbocycles. The molecule has 0 saturated heterocycles. The van der Waals surface area contributed by atoms with Crippen molar-refractivity contribution in [1.82, 2.24) is 5.43 Å².